The van der Waals surface area contributed by atoms with Gasteiger partial charge in [0.1, 0.15) is 5.82 Å². The number of benzene rings is 2. The van der Waals surface area contributed by atoms with Crippen molar-refractivity contribution in [3.8, 4) is 11.3 Å². The van der Waals surface area contributed by atoms with E-state index in [4.69, 9.17) is 16.7 Å². The molecule has 2 fully saturated rings. The van der Waals surface area contributed by atoms with Gasteiger partial charge in [0.25, 0.3) is 5.91 Å². The van der Waals surface area contributed by atoms with E-state index >= 15 is 0 Å². The number of aliphatic carboxylic acids is 1. The van der Waals surface area contributed by atoms with E-state index in [-0.39, 0.29) is 30.2 Å². The molecule has 0 aliphatic carbocycles. The van der Waals surface area contributed by atoms with Gasteiger partial charge in [0.15, 0.2) is 12.2 Å². The molecule has 3 N–H and O–H groups in total. The number of hydrogen-bond donors (Lipinski definition) is 3. The van der Waals surface area contributed by atoms with E-state index in [2.05, 4.69) is 30.8 Å². The summed E-state index contributed by atoms with van der Waals surface area (Å²) in [4.78, 5) is 58.0. The number of aromatic nitrogens is 2. The summed E-state index contributed by atoms with van der Waals surface area (Å²) in [6, 6.07) is 12.7. The minimum absolute atomic E-state index is 0.0601. The van der Waals surface area contributed by atoms with E-state index in [1.807, 2.05) is 36.9 Å². The van der Waals surface area contributed by atoms with Crippen LogP contribution < -0.4 is 9.21 Å². The van der Waals surface area contributed by atoms with Crippen LogP contribution in [-0.4, -0.2) is 169 Å². The first-order valence-electron chi connectivity index (χ1n) is 19.7. The molecule has 2 aromatic carbocycles. The summed E-state index contributed by atoms with van der Waals surface area (Å²) >= 11 is 6.31. The summed E-state index contributed by atoms with van der Waals surface area (Å²) < 4.78 is 38.6. The quantitative estimate of drug-likeness (QED) is 0.213. The number of nitrogens with zero attached hydrogens (tertiary/aromatic N) is 9. The van der Waals surface area contributed by atoms with Gasteiger partial charge >= 0.3 is 12.0 Å². The fourth-order valence-electron chi connectivity index (χ4n) is 7.12. The van der Waals surface area contributed by atoms with Gasteiger partial charge in [0.05, 0.1) is 53.3 Å². The summed E-state index contributed by atoms with van der Waals surface area (Å²) in [6.07, 6.45) is 2.16. The standard InChI is InChI=1S/C22H28FN3O6S.C19H25ClN6O2/c1-13(2)20-18(10-9-16(27)11-17(28)12-19(29)30)21(14-5-7-15(23)8-6-14)25-22(24-20)26(3)33(4,31)32;1-22-17-16(18(27)23(2)19(22)28)26(13-21-17)12-9-24-7-10-25(11-8-24)15-6-4-3-5-14(15)20/h5-10,13,16-17,27-28H,11-12H2,1-4H3,(H,29,30);3-6,13,16-17H,7-12H2,1-2H3/b10-9+;/t16-,17-;/m1./s1. The molecule has 2 saturated heterocycles. The molecule has 6 rings (SSSR count). The zero-order valence-corrected chi connectivity index (χ0v) is 36.5. The van der Waals surface area contributed by atoms with E-state index in [9.17, 15) is 37.4 Å². The summed E-state index contributed by atoms with van der Waals surface area (Å²) in [5.74, 6) is -2.05. The molecule has 2 unspecified atom stereocenters. The van der Waals surface area contributed by atoms with Gasteiger partial charge in [-0.05, 0) is 42.3 Å². The molecule has 0 radical (unpaired) electrons. The predicted octanol–water partition coefficient (Wildman–Crippen LogP) is 3.43. The molecule has 0 spiro atoms. The van der Waals surface area contributed by atoms with Crippen LogP contribution in [0.4, 0.5) is 20.8 Å². The number of sulfonamides is 1. The Kier molecular flexibility index (Phi) is 15.4. The number of aliphatic imine (C=N–C) groups is 1. The van der Waals surface area contributed by atoms with Crippen molar-refractivity contribution in [3.63, 3.8) is 0 Å². The number of rotatable bonds is 14. The Morgan fingerprint density at radius 3 is 2.28 bits per heavy atom. The summed E-state index contributed by atoms with van der Waals surface area (Å²) in [5, 5.41) is 29.6. The fraction of sp³-hybridized carbons (Fsp3) is 0.463. The normalized spacial score (nSPS) is 19.3. The minimum Gasteiger partial charge on any atom is -0.481 e. The molecule has 3 aliphatic heterocycles. The molecule has 61 heavy (non-hydrogen) atoms. The lowest BCUT2D eigenvalue weighted by atomic mass is 9.97. The Bertz CT molecular complexity index is 2220. The lowest BCUT2D eigenvalue weighted by Crippen LogP contribution is -2.64. The first-order valence-corrected chi connectivity index (χ1v) is 21.9. The van der Waals surface area contributed by atoms with Gasteiger partial charge < -0.3 is 30.0 Å². The van der Waals surface area contributed by atoms with E-state index in [0.717, 1.165) is 54.0 Å². The number of likely N-dealkylation sites (N-methyl/N-ethyl adjacent to an activating group) is 2. The van der Waals surface area contributed by atoms with Crippen molar-refractivity contribution in [2.75, 3.05) is 75.9 Å². The second kappa shape index (κ2) is 20.1. The SMILES string of the molecule is CC(C)c1nc(N(C)S(C)(=O)=O)nc(-c2ccc(F)cc2)c1/C=C/[C@@H](O)C[C@@H](O)CC(=O)O.CN1C(=O)C2C(N=CN2CCN2CCN(c3ccccc3Cl)CC2)N(C)C1=O. The van der Waals surface area contributed by atoms with Crippen LogP contribution in [0.15, 0.2) is 59.6 Å². The van der Waals surface area contributed by atoms with Gasteiger partial charge in [-0.15, -0.1) is 0 Å². The van der Waals surface area contributed by atoms with E-state index in [1.165, 1.54) is 60.3 Å². The van der Waals surface area contributed by atoms with Crippen LogP contribution in [0.2, 0.25) is 5.02 Å². The van der Waals surface area contributed by atoms with Crippen molar-refractivity contribution in [1.29, 1.82) is 0 Å². The van der Waals surface area contributed by atoms with Crippen LogP contribution in [-0.2, 0) is 19.6 Å². The zero-order valence-electron chi connectivity index (χ0n) is 35.0. The first-order chi connectivity index (χ1) is 28.8. The number of carboxylic acid groups (broad SMARTS) is 1. The zero-order chi connectivity index (χ0) is 44.8. The van der Waals surface area contributed by atoms with Crippen LogP contribution in [0.5, 0.6) is 0 Å². The molecular weight excluding hydrogens is 833 g/mol. The molecule has 4 atom stereocenters. The number of carbonyl (C=O) groups is 3. The number of amides is 3. The number of urea groups is 1. The van der Waals surface area contributed by atoms with Crippen LogP contribution in [0.25, 0.3) is 17.3 Å². The minimum atomic E-state index is -3.65. The maximum atomic E-state index is 13.5. The van der Waals surface area contributed by atoms with Crippen molar-refractivity contribution < 1.29 is 42.5 Å². The average molecular weight is 886 g/mol. The average Bonchev–Trinajstić information content (AvgIpc) is 3.64. The lowest BCUT2D eigenvalue weighted by molar-refractivity contribution is -0.139. The maximum absolute atomic E-state index is 13.5. The van der Waals surface area contributed by atoms with Gasteiger partial charge in [0.2, 0.25) is 16.0 Å². The molecule has 1 aromatic heterocycles. The molecular formula is C41H53ClFN9O8S. The van der Waals surface area contributed by atoms with Crippen molar-refractivity contribution in [2.45, 2.75) is 57.0 Å². The maximum Gasteiger partial charge on any atom is 0.328 e. The number of aliphatic hydroxyl groups excluding tert-OH is 2. The highest BCUT2D eigenvalue weighted by atomic mass is 35.5. The molecule has 4 heterocycles. The van der Waals surface area contributed by atoms with Gasteiger partial charge in [-0.3, -0.25) is 19.4 Å². The number of para-hydroxylation sites is 1. The van der Waals surface area contributed by atoms with Gasteiger partial charge in [-0.2, -0.15) is 0 Å². The third kappa shape index (κ3) is 11.6. The Morgan fingerprint density at radius 2 is 1.67 bits per heavy atom. The van der Waals surface area contributed by atoms with Gasteiger partial charge in [0, 0.05) is 78.0 Å². The van der Waals surface area contributed by atoms with Crippen molar-refractivity contribution in [1.82, 2.24) is 29.6 Å². The molecule has 3 aromatic rings. The molecule has 3 amide bonds. The van der Waals surface area contributed by atoms with Crippen LogP contribution >= 0.6 is 11.6 Å². The van der Waals surface area contributed by atoms with Crippen molar-refractivity contribution in [2.24, 2.45) is 4.99 Å². The third-order valence-corrected chi connectivity index (χ3v) is 12.1. The number of aliphatic hydroxyl groups is 2. The second-order valence-corrected chi connectivity index (χ2v) is 17.8. The number of carboxylic acids is 1. The molecule has 0 saturated carbocycles. The number of fused-ring (bicyclic) bond motifs is 1. The Balaban J connectivity index is 0.000000233. The number of carbonyl (C=O) groups excluding carboxylic acids is 2. The van der Waals surface area contributed by atoms with E-state index in [0.29, 0.717) is 29.1 Å². The van der Waals surface area contributed by atoms with Gasteiger partial charge in [-0.25, -0.2) is 36.9 Å². The topological polar surface area (TPSA) is 204 Å². The predicted molar refractivity (Wildman–Crippen MR) is 231 cm³/mol. The molecule has 17 nitrogen and oxygen atoms in total. The number of imide groups is 1. The Hall–Kier alpha value is -5.21. The van der Waals surface area contributed by atoms with Crippen LogP contribution in [0.3, 0.4) is 0 Å². The number of hydrogen-bond acceptors (Lipinski definition) is 13. The first kappa shape index (κ1) is 46.8. The summed E-state index contributed by atoms with van der Waals surface area (Å²) in [5.41, 5.74) is 2.89. The fourth-order valence-corrected chi connectivity index (χ4v) is 7.76. The van der Waals surface area contributed by atoms with Gasteiger partial charge in [-0.1, -0.05) is 49.7 Å². The molecule has 0 bridgehead atoms. The molecule has 330 valence electrons. The Morgan fingerprint density at radius 1 is 1.02 bits per heavy atom. The summed E-state index contributed by atoms with van der Waals surface area (Å²) in [6.45, 7) is 8.98. The van der Waals surface area contributed by atoms with Crippen LogP contribution in [0, 0.1) is 5.82 Å². The molecule has 3 aliphatic rings. The highest BCUT2D eigenvalue weighted by molar-refractivity contribution is 7.92. The molecule has 20 heteroatoms. The van der Waals surface area contributed by atoms with Crippen molar-refractivity contribution >= 4 is 63.6 Å². The highest BCUT2D eigenvalue weighted by Crippen LogP contribution is 2.32. The highest BCUT2D eigenvalue weighted by Gasteiger charge is 2.48. The summed E-state index contributed by atoms with van der Waals surface area (Å²) in [7, 11) is 0.896. The Labute approximate surface area is 360 Å². The lowest BCUT2D eigenvalue weighted by Gasteiger charge is -2.41. The van der Waals surface area contributed by atoms with Crippen LogP contribution in [0.1, 0.15) is 43.9 Å². The monoisotopic (exact) mass is 885 g/mol. The number of anilines is 2. The van der Waals surface area contributed by atoms with E-state index in [1.54, 1.807) is 13.4 Å². The second-order valence-electron chi connectivity index (χ2n) is 15.4. The third-order valence-electron chi connectivity index (χ3n) is 10.6. The smallest absolute Gasteiger partial charge is 0.328 e. The largest absolute Gasteiger partial charge is 0.481 e. The van der Waals surface area contributed by atoms with Crippen molar-refractivity contribution in [3.05, 3.63) is 76.7 Å². The van der Waals surface area contributed by atoms with E-state index < -0.39 is 52.6 Å². The number of piperazine rings is 1. The number of halogens is 2.